The minimum atomic E-state index is -0.172. The number of rotatable bonds is 0. The van der Waals surface area contributed by atoms with Gasteiger partial charge in [-0.05, 0) is 85.9 Å². The molecular weight excluding hydrogens is 260 g/mol. The molecule has 4 saturated carbocycles. The van der Waals surface area contributed by atoms with Crippen molar-refractivity contribution >= 4 is 0 Å². The van der Waals surface area contributed by atoms with Gasteiger partial charge >= 0.3 is 0 Å². The molecule has 4 rings (SSSR count). The van der Waals surface area contributed by atoms with Crippen LogP contribution in [0.15, 0.2) is 0 Å². The van der Waals surface area contributed by atoms with Gasteiger partial charge in [0.15, 0.2) is 0 Å². The Hall–Kier alpha value is -0.0800. The maximum atomic E-state index is 10.8. The zero-order valence-electron chi connectivity index (χ0n) is 13.7. The standard InChI is InChI=1S/C19H32O2/c1-18-7-3-4-14(18)13-11-17(21)16-10-12(20)5-9-19(16,2)15(13)6-8-18/h12-17,20-21H,3-11H2,1-2H3. The van der Waals surface area contributed by atoms with Gasteiger partial charge in [-0.2, -0.15) is 0 Å². The first-order valence-electron chi connectivity index (χ1n) is 9.30. The molecule has 0 aromatic rings. The van der Waals surface area contributed by atoms with Gasteiger partial charge in [-0.1, -0.05) is 20.3 Å². The molecule has 0 aromatic carbocycles. The Balaban J connectivity index is 1.66. The molecule has 8 atom stereocenters. The number of aliphatic hydroxyl groups is 2. The zero-order valence-corrected chi connectivity index (χ0v) is 13.7. The van der Waals surface area contributed by atoms with Crippen LogP contribution in [0.1, 0.15) is 71.6 Å². The molecule has 21 heavy (non-hydrogen) atoms. The molecule has 2 nitrogen and oxygen atoms in total. The van der Waals surface area contributed by atoms with Gasteiger partial charge in [-0.25, -0.2) is 0 Å². The molecular formula is C19H32O2. The lowest BCUT2D eigenvalue weighted by Gasteiger charge is -2.61. The zero-order chi connectivity index (χ0) is 14.8. The van der Waals surface area contributed by atoms with E-state index in [4.69, 9.17) is 0 Å². The van der Waals surface area contributed by atoms with Crippen LogP contribution in [-0.4, -0.2) is 22.4 Å². The first-order chi connectivity index (χ1) is 9.94. The van der Waals surface area contributed by atoms with Crippen LogP contribution in [0.25, 0.3) is 0 Å². The summed E-state index contributed by atoms with van der Waals surface area (Å²) in [6.07, 6.45) is 10.6. The molecule has 0 heterocycles. The fourth-order valence-electron chi connectivity index (χ4n) is 7.27. The van der Waals surface area contributed by atoms with E-state index in [1.807, 2.05) is 0 Å². The van der Waals surface area contributed by atoms with Crippen molar-refractivity contribution < 1.29 is 10.2 Å². The van der Waals surface area contributed by atoms with E-state index in [0.717, 1.165) is 43.4 Å². The molecule has 2 N–H and O–H groups in total. The van der Waals surface area contributed by atoms with E-state index >= 15 is 0 Å². The fourth-order valence-corrected chi connectivity index (χ4v) is 7.27. The first kappa shape index (κ1) is 14.5. The number of hydrogen-bond acceptors (Lipinski definition) is 2. The lowest BCUT2D eigenvalue weighted by molar-refractivity contribution is -0.167. The molecule has 0 aromatic heterocycles. The topological polar surface area (TPSA) is 40.5 Å². The molecule has 4 fully saturated rings. The second-order valence-corrected chi connectivity index (χ2v) is 9.31. The summed E-state index contributed by atoms with van der Waals surface area (Å²) in [6.45, 7) is 4.97. The molecule has 8 unspecified atom stereocenters. The molecule has 120 valence electrons. The summed E-state index contributed by atoms with van der Waals surface area (Å²) < 4.78 is 0. The first-order valence-corrected chi connectivity index (χ1v) is 9.30. The van der Waals surface area contributed by atoms with E-state index in [0.29, 0.717) is 11.3 Å². The van der Waals surface area contributed by atoms with E-state index < -0.39 is 0 Å². The molecule has 0 aliphatic heterocycles. The van der Waals surface area contributed by atoms with Crippen molar-refractivity contribution in [3.05, 3.63) is 0 Å². The van der Waals surface area contributed by atoms with E-state index in [-0.39, 0.29) is 17.6 Å². The molecule has 4 aliphatic rings. The van der Waals surface area contributed by atoms with Gasteiger partial charge in [0.25, 0.3) is 0 Å². The minimum absolute atomic E-state index is 0.172. The summed E-state index contributed by atoms with van der Waals surface area (Å²) in [5.41, 5.74) is 0.851. The normalized spacial score (nSPS) is 60.0. The van der Waals surface area contributed by atoms with Crippen LogP contribution in [-0.2, 0) is 0 Å². The smallest absolute Gasteiger partial charge is 0.0577 e. The molecule has 0 amide bonds. The average Bonchev–Trinajstić information content (AvgIpc) is 2.83. The SMILES string of the molecule is CC12CCCC1C1CC(O)C3CC(O)CCC3(C)C1CC2. The predicted molar refractivity (Wildman–Crippen MR) is 83.7 cm³/mol. The summed E-state index contributed by atoms with van der Waals surface area (Å²) in [7, 11) is 0. The Kier molecular flexibility index (Phi) is 3.25. The Morgan fingerprint density at radius 3 is 2.43 bits per heavy atom. The van der Waals surface area contributed by atoms with Crippen LogP contribution in [0, 0.1) is 34.5 Å². The van der Waals surface area contributed by atoms with Crippen molar-refractivity contribution in [1.29, 1.82) is 0 Å². The average molecular weight is 292 g/mol. The molecule has 4 aliphatic carbocycles. The summed E-state index contributed by atoms with van der Waals surface area (Å²) in [4.78, 5) is 0. The van der Waals surface area contributed by atoms with Gasteiger partial charge in [-0.15, -0.1) is 0 Å². The quantitative estimate of drug-likeness (QED) is 0.714. The summed E-state index contributed by atoms with van der Waals surface area (Å²) in [6, 6.07) is 0. The second kappa shape index (κ2) is 4.71. The van der Waals surface area contributed by atoms with Gasteiger partial charge in [0.2, 0.25) is 0 Å². The van der Waals surface area contributed by atoms with Gasteiger partial charge in [0.1, 0.15) is 0 Å². The van der Waals surface area contributed by atoms with Gasteiger partial charge in [0, 0.05) is 0 Å². The predicted octanol–water partition coefficient (Wildman–Crippen LogP) is 3.75. The van der Waals surface area contributed by atoms with Crippen LogP contribution in [0.4, 0.5) is 0 Å². The van der Waals surface area contributed by atoms with E-state index in [9.17, 15) is 10.2 Å². The third-order valence-corrected chi connectivity index (χ3v) is 8.43. The minimum Gasteiger partial charge on any atom is -0.393 e. The van der Waals surface area contributed by atoms with Crippen molar-refractivity contribution in [2.24, 2.45) is 34.5 Å². The van der Waals surface area contributed by atoms with Crippen molar-refractivity contribution in [1.82, 2.24) is 0 Å². The van der Waals surface area contributed by atoms with Crippen LogP contribution in [0.2, 0.25) is 0 Å². The summed E-state index contributed by atoms with van der Waals surface area (Å²) >= 11 is 0. The summed E-state index contributed by atoms with van der Waals surface area (Å²) in [5.74, 6) is 2.75. The van der Waals surface area contributed by atoms with Crippen LogP contribution in [0.3, 0.4) is 0 Å². The Bertz CT molecular complexity index is 422. The van der Waals surface area contributed by atoms with Gasteiger partial charge in [0.05, 0.1) is 12.2 Å². The Morgan fingerprint density at radius 2 is 1.62 bits per heavy atom. The van der Waals surface area contributed by atoms with Gasteiger partial charge < -0.3 is 10.2 Å². The maximum Gasteiger partial charge on any atom is 0.0577 e. The molecule has 0 bridgehead atoms. The molecule has 0 radical (unpaired) electrons. The number of hydrogen-bond donors (Lipinski definition) is 2. The van der Waals surface area contributed by atoms with Crippen molar-refractivity contribution in [3.63, 3.8) is 0 Å². The lowest BCUT2D eigenvalue weighted by Crippen LogP contribution is -2.57. The maximum absolute atomic E-state index is 10.8. The second-order valence-electron chi connectivity index (χ2n) is 9.31. The van der Waals surface area contributed by atoms with Crippen molar-refractivity contribution in [3.8, 4) is 0 Å². The van der Waals surface area contributed by atoms with Crippen LogP contribution in [0.5, 0.6) is 0 Å². The van der Waals surface area contributed by atoms with E-state index in [1.54, 1.807) is 0 Å². The highest BCUT2D eigenvalue weighted by Gasteiger charge is 2.59. The largest absolute Gasteiger partial charge is 0.393 e. The number of aliphatic hydroxyl groups excluding tert-OH is 2. The van der Waals surface area contributed by atoms with Gasteiger partial charge in [-0.3, -0.25) is 0 Å². The third kappa shape index (κ3) is 1.97. The Morgan fingerprint density at radius 1 is 0.810 bits per heavy atom. The lowest BCUT2D eigenvalue weighted by atomic mass is 9.44. The molecule has 0 spiro atoms. The Labute approximate surface area is 129 Å². The van der Waals surface area contributed by atoms with E-state index in [1.165, 1.54) is 32.1 Å². The molecule has 2 heteroatoms. The van der Waals surface area contributed by atoms with E-state index in [2.05, 4.69) is 13.8 Å². The van der Waals surface area contributed by atoms with Crippen LogP contribution >= 0.6 is 0 Å². The van der Waals surface area contributed by atoms with Crippen molar-refractivity contribution in [2.45, 2.75) is 83.8 Å². The highest BCUT2D eigenvalue weighted by Crippen LogP contribution is 2.66. The van der Waals surface area contributed by atoms with Crippen molar-refractivity contribution in [2.75, 3.05) is 0 Å². The summed E-state index contributed by atoms with van der Waals surface area (Å²) in [5, 5.41) is 20.9. The molecule has 0 saturated heterocycles. The fraction of sp³-hybridized carbons (Fsp3) is 1.00. The number of fused-ring (bicyclic) bond motifs is 5. The third-order valence-electron chi connectivity index (χ3n) is 8.43. The van der Waals surface area contributed by atoms with Crippen LogP contribution < -0.4 is 0 Å². The highest BCUT2D eigenvalue weighted by molar-refractivity contribution is 5.09. The highest BCUT2D eigenvalue weighted by atomic mass is 16.3. The monoisotopic (exact) mass is 292 g/mol.